The number of carbonyl (C=O) groups is 1. The monoisotopic (exact) mass is 233 g/mol. The average molecular weight is 233 g/mol. The average Bonchev–Trinajstić information content (AvgIpc) is 2.83. The first-order chi connectivity index (χ1) is 8.16. The van der Waals surface area contributed by atoms with Gasteiger partial charge in [-0.05, 0) is 31.2 Å². The number of primary amides is 1. The number of hydrogen-bond donors (Lipinski definition) is 1. The lowest BCUT2D eigenvalue weighted by atomic mass is 10.2. The molecule has 17 heavy (non-hydrogen) atoms. The fourth-order valence-corrected chi connectivity index (χ4v) is 1.24. The summed E-state index contributed by atoms with van der Waals surface area (Å²) in [7, 11) is 0. The highest BCUT2D eigenvalue weighted by Gasteiger charge is 2.10. The van der Waals surface area contributed by atoms with Crippen LogP contribution in [-0.2, 0) is 4.79 Å². The molecule has 0 saturated heterocycles. The van der Waals surface area contributed by atoms with Crippen molar-refractivity contribution in [2.45, 2.75) is 13.0 Å². The minimum atomic E-state index is -0.663. The van der Waals surface area contributed by atoms with Crippen LogP contribution in [0.5, 0.6) is 5.75 Å². The maximum atomic E-state index is 10.8. The Bertz CT molecular complexity index is 493. The van der Waals surface area contributed by atoms with E-state index >= 15 is 0 Å². The van der Waals surface area contributed by atoms with Crippen LogP contribution in [0.1, 0.15) is 6.92 Å². The molecular formula is C11H11N3O3. The third-order valence-corrected chi connectivity index (χ3v) is 2.17. The fraction of sp³-hybridized carbons (Fsp3) is 0.182. The molecule has 0 spiro atoms. The van der Waals surface area contributed by atoms with Crippen molar-refractivity contribution in [1.82, 2.24) is 10.2 Å². The summed E-state index contributed by atoms with van der Waals surface area (Å²) in [6.07, 6.45) is 0.596. The van der Waals surface area contributed by atoms with E-state index in [-0.39, 0.29) is 0 Å². The summed E-state index contributed by atoms with van der Waals surface area (Å²) in [5.41, 5.74) is 5.87. The summed E-state index contributed by atoms with van der Waals surface area (Å²) in [5, 5.41) is 7.36. The number of benzene rings is 1. The molecule has 0 aliphatic rings. The van der Waals surface area contributed by atoms with E-state index in [1.807, 2.05) is 0 Å². The van der Waals surface area contributed by atoms with Gasteiger partial charge in [0.15, 0.2) is 6.10 Å². The highest BCUT2D eigenvalue weighted by molar-refractivity contribution is 5.78. The van der Waals surface area contributed by atoms with Gasteiger partial charge in [0.05, 0.1) is 0 Å². The van der Waals surface area contributed by atoms with Gasteiger partial charge in [-0.1, -0.05) is 0 Å². The highest BCUT2D eigenvalue weighted by Crippen LogP contribution is 2.20. The molecule has 0 bridgehead atoms. The van der Waals surface area contributed by atoms with Gasteiger partial charge in [0.25, 0.3) is 5.91 Å². The molecule has 88 valence electrons. The van der Waals surface area contributed by atoms with Gasteiger partial charge in [0, 0.05) is 5.56 Å². The summed E-state index contributed by atoms with van der Waals surface area (Å²) in [4.78, 5) is 10.8. The second-order valence-corrected chi connectivity index (χ2v) is 3.43. The van der Waals surface area contributed by atoms with E-state index in [4.69, 9.17) is 14.9 Å². The lowest BCUT2D eigenvalue weighted by molar-refractivity contribution is -0.123. The van der Waals surface area contributed by atoms with Crippen LogP contribution in [0.15, 0.2) is 35.1 Å². The lowest BCUT2D eigenvalue weighted by Gasteiger charge is -2.10. The summed E-state index contributed by atoms with van der Waals surface area (Å²) < 4.78 is 10.3. The Kier molecular flexibility index (Phi) is 3.04. The van der Waals surface area contributed by atoms with E-state index < -0.39 is 12.0 Å². The molecule has 2 N–H and O–H groups in total. The number of aromatic nitrogens is 2. The van der Waals surface area contributed by atoms with Crippen molar-refractivity contribution in [3.8, 4) is 17.2 Å². The normalized spacial score (nSPS) is 12.1. The van der Waals surface area contributed by atoms with Gasteiger partial charge in [-0.25, -0.2) is 0 Å². The number of rotatable bonds is 4. The molecule has 0 radical (unpaired) electrons. The molecule has 0 aliphatic carbocycles. The number of nitrogens with zero attached hydrogens (tertiary/aromatic N) is 2. The smallest absolute Gasteiger partial charge is 0.258 e. The van der Waals surface area contributed by atoms with E-state index in [0.29, 0.717) is 11.6 Å². The highest BCUT2D eigenvalue weighted by atomic mass is 16.5. The first-order valence-corrected chi connectivity index (χ1v) is 4.99. The second-order valence-electron chi connectivity index (χ2n) is 3.43. The Labute approximate surface area is 97.4 Å². The van der Waals surface area contributed by atoms with E-state index in [9.17, 15) is 4.79 Å². The largest absolute Gasteiger partial charge is 0.481 e. The molecule has 1 amide bonds. The van der Waals surface area contributed by atoms with E-state index in [0.717, 1.165) is 5.56 Å². The van der Waals surface area contributed by atoms with Crippen LogP contribution >= 0.6 is 0 Å². The van der Waals surface area contributed by atoms with Crippen molar-refractivity contribution in [2.75, 3.05) is 0 Å². The van der Waals surface area contributed by atoms with Crippen LogP contribution in [0.25, 0.3) is 11.5 Å². The van der Waals surface area contributed by atoms with E-state index in [2.05, 4.69) is 10.2 Å². The third kappa shape index (κ3) is 2.60. The third-order valence-electron chi connectivity index (χ3n) is 2.17. The van der Waals surface area contributed by atoms with Crippen LogP contribution in [0.3, 0.4) is 0 Å². The topological polar surface area (TPSA) is 91.2 Å². The second kappa shape index (κ2) is 4.65. The molecule has 0 saturated carbocycles. The minimum Gasteiger partial charge on any atom is -0.481 e. The van der Waals surface area contributed by atoms with Crippen molar-refractivity contribution in [3.05, 3.63) is 30.7 Å². The molecule has 2 aromatic rings. The summed E-state index contributed by atoms with van der Waals surface area (Å²) in [6, 6.07) is 6.94. The van der Waals surface area contributed by atoms with Crippen LogP contribution in [0, 0.1) is 0 Å². The van der Waals surface area contributed by atoms with Crippen molar-refractivity contribution in [1.29, 1.82) is 0 Å². The van der Waals surface area contributed by atoms with Crippen molar-refractivity contribution in [3.63, 3.8) is 0 Å². The van der Waals surface area contributed by atoms with Gasteiger partial charge in [-0.15, -0.1) is 10.2 Å². The number of carbonyl (C=O) groups excluding carboxylic acids is 1. The number of amides is 1. The Balaban J connectivity index is 2.11. The number of ether oxygens (including phenoxy) is 1. The molecule has 1 atom stereocenters. The number of hydrogen-bond acceptors (Lipinski definition) is 5. The Hall–Kier alpha value is -2.37. The Morgan fingerprint density at radius 3 is 2.65 bits per heavy atom. The molecule has 2 rings (SSSR count). The van der Waals surface area contributed by atoms with Crippen molar-refractivity contribution >= 4 is 5.91 Å². The van der Waals surface area contributed by atoms with Gasteiger partial charge in [0.2, 0.25) is 12.3 Å². The molecule has 0 unspecified atom stereocenters. The zero-order valence-corrected chi connectivity index (χ0v) is 9.16. The molecule has 1 heterocycles. The molecule has 0 fully saturated rings. The molecule has 1 aromatic heterocycles. The SMILES string of the molecule is C[C@H](Oc1ccc(-c2nnco2)cc1)C(N)=O. The molecule has 6 nitrogen and oxygen atoms in total. The van der Waals surface area contributed by atoms with Crippen LogP contribution in [0.4, 0.5) is 0 Å². The maximum absolute atomic E-state index is 10.8. The van der Waals surface area contributed by atoms with Gasteiger partial charge in [-0.2, -0.15) is 0 Å². The lowest BCUT2D eigenvalue weighted by Crippen LogP contribution is -2.30. The quantitative estimate of drug-likeness (QED) is 0.850. The van der Waals surface area contributed by atoms with E-state index in [1.165, 1.54) is 6.39 Å². The van der Waals surface area contributed by atoms with Gasteiger partial charge in [0.1, 0.15) is 5.75 Å². The van der Waals surface area contributed by atoms with Crippen molar-refractivity contribution in [2.24, 2.45) is 5.73 Å². The summed E-state index contributed by atoms with van der Waals surface area (Å²) >= 11 is 0. The zero-order valence-electron chi connectivity index (χ0n) is 9.16. The first-order valence-electron chi connectivity index (χ1n) is 4.99. The fourth-order valence-electron chi connectivity index (χ4n) is 1.24. The van der Waals surface area contributed by atoms with Crippen LogP contribution in [-0.4, -0.2) is 22.2 Å². The Morgan fingerprint density at radius 1 is 1.41 bits per heavy atom. The van der Waals surface area contributed by atoms with Gasteiger partial charge < -0.3 is 14.9 Å². The number of nitrogens with two attached hydrogens (primary N) is 1. The summed E-state index contributed by atoms with van der Waals surface area (Å²) in [6.45, 7) is 1.59. The zero-order chi connectivity index (χ0) is 12.3. The predicted octanol–water partition coefficient (Wildman–Crippen LogP) is 0.989. The minimum absolute atomic E-state index is 0.430. The Morgan fingerprint density at radius 2 is 2.12 bits per heavy atom. The van der Waals surface area contributed by atoms with Crippen molar-refractivity contribution < 1.29 is 13.9 Å². The van der Waals surface area contributed by atoms with Gasteiger partial charge >= 0.3 is 0 Å². The van der Waals surface area contributed by atoms with Crippen LogP contribution < -0.4 is 10.5 Å². The van der Waals surface area contributed by atoms with Gasteiger partial charge in [-0.3, -0.25) is 4.79 Å². The summed E-state index contributed by atoms with van der Waals surface area (Å²) in [5.74, 6) is 0.477. The standard InChI is InChI=1S/C11H11N3O3/c1-7(10(12)15)17-9-4-2-8(3-5-9)11-14-13-6-16-11/h2-7H,1H3,(H2,12,15)/t7-/m0/s1. The molecular weight excluding hydrogens is 222 g/mol. The molecule has 1 aromatic carbocycles. The van der Waals surface area contributed by atoms with Crippen LogP contribution in [0.2, 0.25) is 0 Å². The predicted molar refractivity (Wildman–Crippen MR) is 59.0 cm³/mol. The molecule has 6 heteroatoms. The van der Waals surface area contributed by atoms with E-state index in [1.54, 1.807) is 31.2 Å². The first kappa shape index (κ1) is 11.1. The maximum Gasteiger partial charge on any atom is 0.258 e. The molecule has 0 aliphatic heterocycles.